The highest BCUT2D eigenvalue weighted by atomic mass is 79.9. The van der Waals surface area contributed by atoms with Crippen molar-refractivity contribution in [1.29, 1.82) is 0 Å². The summed E-state index contributed by atoms with van der Waals surface area (Å²) in [6.45, 7) is 6.15. The van der Waals surface area contributed by atoms with Crippen molar-refractivity contribution in [3.8, 4) is 17.2 Å². The number of methoxy groups -OCH3 is 1. The SMILES string of the molecule is CCOC(=O)C1=C(C)N=c2s/c(=C/c3ccc(OCc4ccc(C(=O)O)cc4)c(Br)c3)c(=O)n2[C@@H]1c1cc(OC)c(OCC)cc1Br. The van der Waals surface area contributed by atoms with Crippen LogP contribution in [0.5, 0.6) is 17.2 Å². The van der Waals surface area contributed by atoms with Crippen LogP contribution in [0.2, 0.25) is 0 Å². The first-order valence-electron chi connectivity index (χ1n) is 14.5. The number of nitrogens with zero attached hydrogens (tertiary/aromatic N) is 2. The van der Waals surface area contributed by atoms with Gasteiger partial charge in [-0.15, -0.1) is 0 Å². The van der Waals surface area contributed by atoms with Crippen molar-refractivity contribution in [3.63, 3.8) is 0 Å². The molecule has 1 aliphatic rings. The zero-order valence-corrected chi connectivity index (χ0v) is 29.8. The van der Waals surface area contributed by atoms with Crippen molar-refractivity contribution < 1.29 is 33.6 Å². The Balaban J connectivity index is 1.54. The number of fused-ring (bicyclic) bond motifs is 1. The monoisotopic (exact) mass is 784 g/mol. The number of allylic oxidation sites excluding steroid dienone is 1. The molecule has 0 saturated heterocycles. The smallest absolute Gasteiger partial charge is 0.338 e. The minimum atomic E-state index is -0.988. The Morgan fingerprint density at radius 3 is 2.36 bits per heavy atom. The molecular weight excluding hydrogens is 756 g/mol. The molecule has 3 aromatic carbocycles. The van der Waals surface area contributed by atoms with Gasteiger partial charge in [0.05, 0.1) is 52.2 Å². The van der Waals surface area contributed by atoms with E-state index in [0.29, 0.717) is 53.4 Å². The molecule has 0 spiro atoms. The zero-order valence-electron chi connectivity index (χ0n) is 25.8. The highest BCUT2D eigenvalue weighted by molar-refractivity contribution is 9.10. The summed E-state index contributed by atoms with van der Waals surface area (Å²) in [7, 11) is 1.53. The van der Waals surface area contributed by atoms with E-state index >= 15 is 0 Å². The fraction of sp³-hybridized carbons (Fsp3) is 0.235. The van der Waals surface area contributed by atoms with Crippen LogP contribution in [-0.4, -0.2) is 41.9 Å². The van der Waals surface area contributed by atoms with Crippen LogP contribution in [0.1, 0.15) is 53.9 Å². The van der Waals surface area contributed by atoms with E-state index in [2.05, 4.69) is 36.9 Å². The van der Waals surface area contributed by atoms with Gasteiger partial charge in [-0.2, -0.15) is 0 Å². The van der Waals surface area contributed by atoms with Crippen LogP contribution in [-0.2, 0) is 16.1 Å². The van der Waals surface area contributed by atoms with Gasteiger partial charge in [0.25, 0.3) is 5.56 Å². The number of thiazole rings is 1. The lowest BCUT2D eigenvalue weighted by molar-refractivity contribution is -0.139. The Morgan fingerprint density at radius 1 is 0.979 bits per heavy atom. The van der Waals surface area contributed by atoms with Gasteiger partial charge in [-0.05, 0) is 95.9 Å². The molecule has 0 aliphatic carbocycles. The number of ether oxygens (including phenoxy) is 4. The second-order valence-electron chi connectivity index (χ2n) is 10.2. The molecular formula is C34H30Br2N2O8S. The van der Waals surface area contributed by atoms with Crippen molar-refractivity contribution >= 4 is 61.2 Å². The first-order chi connectivity index (χ1) is 22.6. The lowest BCUT2D eigenvalue weighted by Crippen LogP contribution is -2.40. The summed E-state index contributed by atoms with van der Waals surface area (Å²) in [5.74, 6) is -0.00221. The number of rotatable bonds is 11. The summed E-state index contributed by atoms with van der Waals surface area (Å²) in [6.07, 6.45) is 1.76. The molecule has 10 nitrogen and oxygen atoms in total. The zero-order chi connectivity index (χ0) is 33.8. The Hall–Kier alpha value is -4.20. The summed E-state index contributed by atoms with van der Waals surface area (Å²) in [6, 6.07) is 14.6. The standard InChI is InChI=1S/C34H30Br2N2O8S/c1-5-44-27-16-23(35)22(15-26(27)43-4)30-29(33(42)45-6-2)18(3)37-34-38(30)31(39)28(47-34)14-20-9-12-25(24(36)13-20)46-17-19-7-10-21(11-8-19)32(40)41/h7-16,30H,5-6,17H2,1-4H3,(H,40,41)/b28-14+/t30-/m1/s1. The molecule has 1 atom stereocenters. The van der Waals surface area contributed by atoms with Crippen LogP contribution < -0.4 is 29.1 Å². The summed E-state index contributed by atoms with van der Waals surface area (Å²) < 4.78 is 25.9. The Kier molecular flexibility index (Phi) is 10.7. The molecule has 1 N–H and O–H groups in total. The Morgan fingerprint density at radius 2 is 1.72 bits per heavy atom. The average molecular weight is 786 g/mol. The van der Waals surface area contributed by atoms with Crippen LogP contribution in [0.15, 0.2) is 84.6 Å². The molecule has 5 rings (SSSR count). The fourth-order valence-corrected chi connectivity index (χ4v) is 7.15. The fourth-order valence-electron chi connectivity index (χ4n) is 5.05. The van der Waals surface area contributed by atoms with E-state index in [9.17, 15) is 14.4 Å². The van der Waals surface area contributed by atoms with Crippen LogP contribution in [0, 0.1) is 0 Å². The van der Waals surface area contributed by atoms with Crippen molar-refractivity contribution in [2.45, 2.75) is 33.4 Å². The molecule has 2 heterocycles. The normalized spacial score (nSPS) is 14.3. The second-order valence-corrected chi connectivity index (χ2v) is 13.0. The van der Waals surface area contributed by atoms with E-state index in [0.717, 1.165) is 11.1 Å². The predicted molar refractivity (Wildman–Crippen MR) is 184 cm³/mol. The lowest BCUT2D eigenvalue weighted by atomic mass is 9.95. The highest BCUT2D eigenvalue weighted by Crippen LogP contribution is 2.41. The molecule has 0 unspecified atom stereocenters. The predicted octanol–water partition coefficient (Wildman–Crippen LogP) is 6.01. The third-order valence-electron chi connectivity index (χ3n) is 7.24. The lowest BCUT2D eigenvalue weighted by Gasteiger charge is -2.26. The molecule has 1 aromatic heterocycles. The van der Waals surface area contributed by atoms with Gasteiger partial charge in [-0.3, -0.25) is 9.36 Å². The number of carbonyl (C=O) groups is 2. The van der Waals surface area contributed by atoms with Crippen LogP contribution in [0.3, 0.4) is 0 Å². The third-order valence-corrected chi connectivity index (χ3v) is 9.53. The number of hydrogen-bond acceptors (Lipinski definition) is 9. The first kappa shape index (κ1) is 34.1. The van der Waals surface area contributed by atoms with Gasteiger partial charge in [0.15, 0.2) is 16.3 Å². The molecule has 4 aromatic rings. The highest BCUT2D eigenvalue weighted by Gasteiger charge is 2.35. The molecule has 0 fully saturated rings. The topological polar surface area (TPSA) is 126 Å². The molecule has 0 saturated carbocycles. The van der Waals surface area contributed by atoms with E-state index in [1.165, 1.54) is 35.1 Å². The molecule has 13 heteroatoms. The molecule has 1 aliphatic heterocycles. The third kappa shape index (κ3) is 7.21. The Labute approximate surface area is 290 Å². The number of aromatic carboxylic acids is 1. The van der Waals surface area contributed by atoms with Gasteiger partial charge >= 0.3 is 11.9 Å². The van der Waals surface area contributed by atoms with Gasteiger partial charge in [-0.1, -0.05) is 45.5 Å². The average Bonchev–Trinajstić information content (AvgIpc) is 3.34. The van der Waals surface area contributed by atoms with Crippen molar-refractivity contribution in [2.75, 3.05) is 20.3 Å². The summed E-state index contributed by atoms with van der Waals surface area (Å²) >= 11 is 8.41. The number of carboxylic acid groups (broad SMARTS) is 1. The maximum atomic E-state index is 14.1. The van der Waals surface area contributed by atoms with Gasteiger partial charge in [-0.25, -0.2) is 14.6 Å². The quantitative estimate of drug-likeness (QED) is 0.184. The molecule has 244 valence electrons. The number of halogens is 2. The number of carboxylic acids is 1. The number of hydrogen-bond donors (Lipinski definition) is 1. The van der Waals surface area contributed by atoms with E-state index < -0.39 is 18.0 Å². The van der Waals surface area contributed by atoms with E-state index in [1.54, 1.807) is 50.3 Å². The minimum absolute atomic E-state index is 0.159. The van der Waals surface area contributed by atoms with Gasteiger partial charge in [0.2, 0.25) is 0 Å². The van der Waals surface area contributed by atoms with Crippen LogP contribution >= 0.6 is 43.2 Å². The minimum Gasteiger partial charge on any atom is -0.493 e. The van der Waals surface area contributed by atoms with E-state index in [-0.39, 0.29) is 29.9 Å². The Bertz CT molecular complexity index is 2070. The number of aromatic nitrogens is 1. The molecule has 0 radical (unpaired) electrons. The van der Waals surface area contributed by atoms with E-state index in [4.69, 9.17) is 24.1 Å². The first-order valence-corrected chi connectivity index (χ1v) is 16.9. The number of benzene rings is 3. The summed E-state index contributed by atoms with van der Waals surface area (Å²) in [4.78, 5) is 43.6. The van der Waals surface area contributed by atoms with E-state index in [1.807, 2.05) is 19.1 Å². The largest absolute Gasteiger partial charge is 0.493 e. The van der Waals surface area contributed by atoms with Crippen LogP contribution in [0.25, 0.3) is 6.08 Å². The van der Waals surface area contributed by atoms with Gasteiger partial charge in [0.1, 0.15) is 12.4 Å². The molecule has 0 bridgehead atoms. The summed E-state index contributed by atoms with van der Waals surface area (Å²) in [5, 5.41) is 9.11. The van der Waals surface area contributed by atoms with Crippen molar-refractivity contribution in [1.82, 2.24) is 4.57 Å². The molecule has 0 amide bonds. The van der Waals surface area contributed by atoms with Crippen molar-refractivity contribution in [3.05, 3.63) is 117 Å². The van der Waals surface area contributed by atoms with Gasteiger partial charge < -0.3 is 24.1 Å². The number of esters is 1. The van der Waals surface area contributed by atoms with Crippen LogP contribution in [0.4, 0.5) is 0 Å². The molecule has 47 heavy (non-hydrogen) atoms. The maximum Gasteiger partial charge on any atom is 0.338 e. The number of carbonyl (C=O) groups excluding carboxylic acids is 1. The summed E-state index contributed by atoms with van der Waals surface area (Å²) in [5.41, 5.74) is 2.74. The van der Waals surface area contributed by atoms with Gasteiger partial charge in [0, 0.05) is 4.47 Å². The van der Waals surface area contributed by atoms with Crippen molar-refractivity contribution in [2.24, 2.45) is 4.99 Å². The maximum absolute atomic E-state index is 14.1. The second kappa shape index (κ2) is 14.7.